The van der Waals surface area contributed by atoms with Crippen LogP contribution < -0.4 is 0 Å². The summed E-state index contributed by atoms with van der Waals surface area (Å²) in [4.78, 5) is 0. The molecule has 178 valence electrons. The second-order valence-electron chi connectivity index (χ2n) is 13.7. The van der Waals surface area contributed by atoms with E-state index < -0.39 is 0 Å². The van der Waals surface area contributed by atoms with Crippen LogP contribution in [0.3, 0.4) is 0 Å². The zero-order valence-electron chi connectivity index (χ0n) is 22.2. The summed E-state index contributed by atoms with van der Waals surface area (Å²) >= 11 is 0. The van der Waals surface area contributed by atoms with Gasteiger partial charge in [0.2, 0.25) is 0 Å². The zero-order valence-corrected chi connectivity index (χ0v) is 22.2. The first-order valence-electron chi connectivity index (χ1n) is 14.4. The maximum Gasteiger partial charge on any atom is -0.00851 e. The molecule has 0 radical (unpaired) electrons. The molecular formula is C31H54. The van der Waals surface area contributed by atoms with Crippen LogP contribution in [0, 0.1) is 58.2 Å². The summed E-state index contributed by atoms with van der Waals surface area (Å²) in [5.74, 6) is 7.63. The number of hydrogen-bond acceptors (Lipinski definition) is 0. The highest BCUT2D eigenvalue weighted by atomic mass is 14.6. The quantitative estimate of drug-likeness (QED) is 0.355. The van der Waals surface area contributed by atoms with Crippen LogP contribution in [0.2, 0.25) is 0 Å². The molecule has 0 bridgehead atoms. The van der Waals surface area contributed by atoms with Gasteiger partial charge in [0.05, 0.1) is 0 Å². The summed E-state index contributed by atoms with van der Waals surface area (Å²) < 4.78 is 0. The summed E-state index contributed by atoms with van der Waals surface area (Å²) in [5.41, 5.74) is 3.06. The van der Waals surface area contributed by atoms with Gasteiger partial charge in [-0.05, 0) is 110 Å². The molecule has 3 saturated carbocycles. The SMILES string of the molecule is CCC(C)C1CCC2(C)C(=CCC3C2CCC2(C)C3CCC2[C@H](C)CCCC(C)C)C1. The highest BCUT2D eigenvalue weighted by Gasteiger charge is 2.59. The molecule has 0 heterocycles. The Morgan fingerprint density at radius 1 is 0.903 bits per heavy atom. The lowest BCUT2D eigenvalue weighted by atomic mass is 9.46. The van der Waals surface area contributed by atoms with Gasteiger partial charge >= 0.3 is 0 Å². The van der Waals surface area contributed by atoms with E-state index in [0.717, 1.165) is 47.3 Å². The Morgan fingerprint density at radius 2 is 1.68 bits per heavy atom. The van der Waals surface area contributed by atoms with Crippen molar-refractivity contribution in [1.29, 1.82) is 0 Å². The van der Waals surface area contributed by atoms with Gasteiger partial charge in [0, 0.05) is 0 Å². The first-order valence-corrected chi connectivity index (χ1v) is 14.4. The molecule has 4 aliphatic rings. The Labute approximate surface area is 195 Å². The van der Waals surface area contributed by atoms with E-state index >= 15 is 0 Å². The topological polar surface area (TPSA) is 0 Å². The molecule has 8 unspecified atom stereocenters. The minimum absolute atomic E-state index is 0.537. The predicted octanol–water partition coefficient (Wildman–Crippen LogP) is 9.69. The highest BCUT2D eigenvalue weighted by molar-refractivity contribution is 5.25. The van der Waals surface area contributed by atoms with E-state index in [-0.39, 0.29) is 0 Å². The van der Waals surface area contributed by atoms with Crippen molar-refractivity contribution in [3.63, 3.8) is 0 Å². The Bertz CT molecular complexity index is 642. The average Bonchev–Trinajstić information content (AvgIpc) is 3.09. The Balaban J connectivity index is 1.47. The van der Waals surface area contributed by atoms with Crippen LogP contribution in [0.25, 0.3) is 0 Å². The first-order chi connectivity index (χ1) is 14.7. The summed E-state index contributed by atoms with van der Waals surface area (Å²) in [5, 5.41) is 0. The van der Waals surface area contributed by atoms with Crippen LogP contribution >= 0.6 is 0 Å². The standard InChI is InChI=1S/C31H54/c1-8-22(4)24-16-18-30(6)25(20-24)12-13-26-28-15-14-27(23(5)11-9-10-21(2)3)31(28,7)19-17-29(26)30/h12,21-24,26-29H,8-11,13-20H2,1-7H3/t22?,23-,24?,26?,27?,28?,29?,30?,31?/m1/s1. The monoisotopic (exact) mass is 426 g/mol. The minimum Gasteiger partial charge on any atom is -0.0845 e. The van der Waals surface area contributed by atoms with Gasteiger partial charge in [-0.1, -0.05) is 85.8 Å². The molecule has 0 nitrogen and oxygen atoms in total. The van der Waals surface area contributed by atoms with Crippen molar-refractivity contribution in [1.82, 2.24) is 0 Å². The second kappa shape index (κ2) is 9.18. The fourth-order valence-corrected chi connectivity index (χ4v) is 9.53. The molecule has 0 aliphatic heterocycles. The lowest BCUT2D eigenvalue weighted by Gasteiger charge is -2.59. The third kappa shape index (κ3) is 4.21. The lowest BCUT2D eigenvalue weighted by molar-refractivity contribution is -0.0541. The van der Waals surface area contributed by atoms with Gasteiger partial charge in [-0.25, -0.2) is 0 Å². The molecule has 0 amide bonds. The predicted molar refractivity (Wildman–Crippen MR) is 136 cm³/mol. The van der Waals surface area contributed by atoms with Crippen molar-refractivity contribution in [3.8, 4) is 0 Å². The van der Waals surface area contributed by atoms with Gasteiger partial charge in [0.1, 0.15) is 0 Å². The molecule has 4 rings (SSSR count). The fraction of sp³-hybridized carbons (Fsp3) is 0.935. The van der Waals surface area contributed by atoms with E-state index in [1.165, 1.54) is 77.0 Å². The third-order valence-electron chi connectivity index (χ3n) is 11.8. The molecule has 3 fully saturated rings. The summed E-state index contributed by atoms with van der Waals surface area (Å²) in [7, 11) is 0. The minimum atomic E-state index is 0.537. The zero-order chi connectivity index (χ0) is 22.4. The van der Waals surface area contributed by atoms with Crippen molar-refractivity contribution in [2.24, 2.45) is 58.2 Å². The van der Waals surface area contributed by atoms with Crippen molar-refractivity contribution in [3.05, 3.63) is 11.6 Å². The summed E-state index contributed by atoms with van der Waals surface area (Å²) in [6.45, 7) is 17.7. The molecule has 0 aromatic heterocycles. The molecule has 0 N–H and O–H groups in total. The fourth-order valence-electron chi connectivity index (χ4n) is 9.53. The molecule has 0 aromatic carbocycles. The van der Waals surface area contributed by atoms with E-state index in [9.17, 15) is 0 Å². The molecular weight excluding hydrogens is 372 g/mol. The Morgan fingerprint density at radius 3 is 2.39 bits per heavy atom. The van der Waals surface area contributed by atoms with Gasteiger partial charge in [-0.3, -0.25) is 0 Å². The van der Waals surface area contributed by atoms with E-state index in [4.69, 9.17) is 0 Å². The van der Waals surface area contributed by atoms with Crippen molar-refractivity contribution >= 4 is 0 Å². The van der Waals surface area contributed by atoms with E-state index in [2.05, 4.69) is 54.5 Å². The third-order valence-corrected chi connectivity index (χ3v) is 11.8. The highest BCUT2D eigenvalue weighted by Crippen LogP contribution is 2.67. The maximum absolute atomic E-state index is 2.79. The van der Waals surface area contributed by atoms with Gasteiger partial charge in [-0.15, -0.1) is 0 Å². The average molecular weight is 427 g/mol. The maximum atomic E-state index is 2.79. The van der Waals surface area contributed by atoms with Gasteiger partial charge in [-0.2, -0.15) is 0 Å². The van der Waals surface area contributed by atoms with Crippen molar-refractivity contribution in [2.75, 3.05) is 0 Å². The van der Waals surface area contributed by atoms with E-state index in [1.807, 2.05) is 5.57 Å². The number of rotatable bonds is 7. The van der Waals surface area contributed by atoms with Crippen LogP contribution in [0.5, 0.6) is 0 Å². The van der Waals surface area contributed by atoms with E-state index in [1.54, 1.807) is 0 Å². The van der Waals surface area contributed by atoms with Crippen LogP contribution in [-0.4, -0.2) is 0 Å². The smallest absolute Gasteiger partial charge is 0.00851 e. The molecule has 9 atom stereocenters. The molecule has 0 saturated heterocycles. The molecule has 4 aliphatic carbocycles. The number of fused-ring (bicyclic) bond motifs is 5. The lowest BCUT2D eigenvalue weighted by Crippen LogP contribution is -2.50. The summed E-state index contributed by atoms with van der Waals surface area (Å²) in [6, 6.07) is 0. The molecule has 0 aromatic rings. The number of allylic oxidation sites excluding steroid dienone is 2. The Kier molecular flexibility index (Phi) is 7.07. The van der Waals surface area contributed by atoms with Gasteiger partial charge < -0.3 is 0 Å². The van der Waals surface area contributed by atoms with Gasteiger partial charge in [0.15, 0.2) is 0 Å². The largest absolute Gasteiger partial charge is 0.0845 e. The number of hydrogen-bond donors (Lipinski definition) is 0. The van der Waals surface area contributed by atoms with E-state index in [0.29, 0.717) is 10.8 Å². The molecule has 0 heteroatoms. The Hall–Kier alpha value is -0.260. The summed E-state index contributed by atoms with van der Waals surface area (Å²) in [6.07, 6.45) is 20.4. The molecule has 31 heavy (non-hydrogen) atoms. The normalized spacial score (nSPS) is 44.3. The van der Waals surface area contributed by atoms with Crippen LogP contribution in [0.1, 0.15) is 126 Å². The van der Waals surface area contributed by atoms with Crippen molar-refractivity contribution in [2.45, 2.75) is 126 Å². The van der Waals surface area contributed by atoms with Crippen molar-refractivity contribution < 1.29 is 0 Å². The van der Waals surface area contributed by atoms with Crippen LogP contribution in [-0.2, 0) is 0 Å². The van der Waals surface area contributed by atoms with Gasteiger partial charge in [0.25, 0.3) is 0 Å². The molecule has 0 spiro atoms. The second-order valence-corrected chi connectivity index (χ2v) is 13.7. The van der Waals surface area contributed by atoms with Crippen LogP contribution in [0.4, 0.5) is 0 Å². The first kappa shape index (κ1) is 23.9. The van der Waals surface area contributed by atoms with Crippen LogP contribution in [0.15, 0.2) is 11.6 Å².